The van der Waals surface area contributed by atoms with Gasteiger partial charge >= 0.3 is 0 Å². The van der Waals surface area contributed by atoms with Gasteiger partial charge < -0.3 is 10.2 Å². The summed E-state index contributed by atoms with van der Waals surface area (Å²) in [5.74, 6) is 0.415. The van der Waals surface area contributed by atoms with Crippen LogP contribution in [0.5, 0.6) is 0 Å². The highest BCUT2D eigenvalue weighted by atomic mass is 16.2. The second-order valence-corrected chi connectivity index (χ2v) is 8.53. The Bertz CT molecular complexity index is 693. The molecule has 0 radical (unpaired) electrons. The van der Waals surface area contributed by atoms with Crippen LogP contribution in [0.1, 0.15) is 69.5 Å². The molecule has 0 aromatic heterocycles. The second-order valence-electron chi connectivity index (χ2n) is 8.53. The van der Waals surface area contributed by atoms with Gasteiger partial charge in [0, 0.05) is 12.5 Å². The van der Waals surface area contributed by atoms with Gasteiger partial charge in [-0.3, -0.25) is 9.59 Å². The first-order chi connectivity index (χ1) is 12.0. The Morgan fingerprint density at radius 1 is 1.12 bits per heavy atom. The molecule has 25 heavy (non-hydrogen) atoms. The molecule has 3 aliphatic rings. The molecule has 1 N–H and O–H groups in total. The molecule has 1 aromatic rings. The molecule has 4 heteroatoms. The quantitative estimate of drug-likeness (QED) is 0.918. The van der Waals surface area contributed by atoms with Gasteiger partial charge in [-0.2, -0.15) is 0 Å². The van der Waals surface area contributed by atoms with Crippen molar-refractivity contribution >= 4 is 11.8 Å². The van der Waals surface area contributed by atoms with Gasteiger partial charge in [-0.05, 0) is 55.1 Å². The summed E-state index contributed by atoms with van der Waals surface area (Å²) >= 11 is 0. The minimum absolute atomic E-state index is 0.0333. The second kappa shape index (κ2) is 6.15. The van der Waals surface area contributed by atoms with Crippen molar-refractivity contribution in [2.45, 2.75) is 69.9 Å². The summed E-state index contributed by atoms with van der Waals surface area (Å²) in [4.78, 5) is 27.2. The van der Waals surface area contributed by atoms with Crippen LogP contribution in [0.2, 0.25) is 0 Å². The first-order valence-electron chi connectivity index (χ1n) is 9.67. The summed E-state index contributed by atoms with van der Waals surface area (Å²) in [6, 6.07) is 8.26. The fourth-order valence-corrected chi connectivity index (χ4v) is 4.50. The average Bonchev–Trinajstić information content (AvgIpc) is 3.33. The lowest BCUT2D eigenvalue weighted by atomic mass is 9.71. The average molecular weight is 340 g/mol. The van der Waals surface area contributed by atoms with E-state index in [0.717, 1.165) is 45.1 Å². The number of likely N-dealkylation sites (tertiary alicyclic amines) is 1. The number of hydrogen-bond donors (Lipinski definition) is 1. The van der Waals surface area contributed by atoms with E-state index in [9.17, 15) is 9.59 Å². The monoisotopic (exact) mass is 340 g/mol. The first kappa shape index (κ1) is 16.6. The van der Waals surface area contributed by atoms with Crippen LogP contribution >= 0.6 is 0 Å². The molecular weight excluding hydrogens is 312 g/mol. The standard InChI is InChI=1S/C21H28N2O2/c1-21(2)12-11-17(15-6-3-4-7-16(15)21)22-19(24)18-8-5-13-23(18)20(25)14-9-10-14/h3-4,6-7,14,17-18H,5,8-13H2,1-2H3,(H,22,24)/t17-,18+/m1/s1. The van der Waals surface area contributed by atoms with Crippen molar-refractivity contribution < 1.29 is 9.59 Å². The highest BCUT2D eigenvalue weighted by Gasteiger charge is 2.42. The minimum atomic E-state index is -0.268. The maximum absolute atomic E-state index is 12.9. The van der Waals surface area contributed by atoms with E-state index in [1.54, 1.807) is 0 Å². The van der Waals surface area contributed by atoms with Crippen molar-refractivity contribution in [3.8, 4) is 0 Å². The molecule has 4 nitrogen and oxygen atoms in total. The van der Waals surface area contributed by atoms with Crippen molar-refractivity contribution in [2.24, 2.45) is 5.92 Å². The third kappa shape index (κ3) is 3.07. The van der Waals surface area contributed by atoms with E-state index >= 15 is 0 Å². The van der Waals surface area contributed by atoms with Crippen LogP contribution < -0.4 is 5.32 Å². The van der Waals surface area contributed by atoms with E-state index in [4.69, 9.17) is 0 Å². The predicted molar refractivity (Wildman–Crippen MR) is 97.0 cm³/mol. The van der Waals surface area contributed by atoms with Crippen LogP contribution in [0.15, 0.2) is 24.3 Å². The Morgan fingerprint density at radius 3 is 2.64 bits per heavy atom. The van der Waals surface area contributed by atoms with Gasteiger partial charge in [-0.15, -0.1) is 0 Å². The molecule has 2 aliphatic carbocycles. The number of amides is 2. The van der Waals surface area contributed by atoms with Crippen LogP contribution in [-0.4, -0.2) is 29.3 Å². The largest absolute Gasteiger partial charge is 0.347 e. The lowest BCUT2D eigenvalue weighted by molar-refractivity contribution is -0.139. The summed E-state index contributed by atoms with van der Waals surface area (Å²) in [5.41, 5.74) is 2.73. The van der Waals surface area contributed by atoms with Gasteiger partial charge in [-0.25, -0.2) is 0 Å². The van der Waals surface area contributed by atoms with Gasteiger partial charge in [0.1, 0.15) is 6.04 Å². The Balaban J connectivity index is 1.50. The number of hydrogen-bond acceptors (Lipinski definition) is 2. The number of nitrogens with zero attached hydrogens (tertiary/aromatic N) is 1. The van der Waals surface area contributed by atoms with E-state index in [1.807, 2.05) is 4.90 Å². The highest BCUT2D eigenvalue weighted by molar-refractivity contribution is 5.90. The Hall–Kier alpha value is -1.84. The maximum Gasteiger partial charge on any atom is 0.243 e. The summed E-state index contributed by atoms with van der Waals surface area (Å²) in [7, 11) is 0. The number of rotatable bonds is 3. The van der Waals surface area contributed by atoms with Crippen molar-refractivity contribution in [3.05, 3.63) is 35.4 Å². The van der Waals surface area contributed by atoms with Crippen LogP contribution in [0.4, 0.5) is 0 Å². The number of benzene rings is 1. The molecule has 0 spiro atoms. The molecule has 1 aliphatic heterocycles. The summed E-state index contributed by atoms with van der Waals surface area (Å²) in [6.45, 7) is 5.29. The van der Waals surface area contributed by atoms with E-state index in [-0.39, 0.29) is 35.2 Å². The Morgan fingerprint density at radius 2 is 1.88 bits per heavy atom. The molecule has 2 fully saturated rings. The molecule has 1 saturated carbocycles. The van der Waals surface area contributed by atoms with E-state index in [0.29, 0.717) is 0 Å². The highest BCUT2D eigenvalue weighted by Crippen LogP contribution is 2.41. The molecule has 1 saturated heterocycles. The van der Waals surface area contributed by atoms with Gasteiger partial charge in [0.2, 0.25) is 11.8 Å². The maximum atomic E-state index is 12.9. The first-order valence-corrected chi connectivity index (χ1v) is 9.67. The van der Waals surface area contributed by atoms with Crippen molar-refractivity contribution in [3.63, 3.8) is 0 Å². The van der Waals surface area contributed by atoms with Gasteiger partial charge in [0.25, 0.3) is 0 Å². The fraction of sp³-hybridized carbons (Fsp3) is 0.619. The van der Waals surface area contributed by atoms with E-state index < -0.39 is 0 Å². The zero-order valence-electron chi connectivity index (χ0n) is 15.3. The fourth-order valence-electron chi connectivity index (χ4n) is 4.50. The third-order valence-electron chi connectivity index (χ3n) is 6.20. The Labute approximate surface area is 150 Å². The smallest absolute Gasteiger partial charge is 0.243 e. The number of carbonyl (C=O) groups is 2. The van der Waals surface area contributed by atoms with Crippen molar-refractivity contribution in [1.29, 1.82) is 0 Å². The minimum Gasteiger partial charge on any atom is -0.347 e. The zero-order chi connectivity index (χ0) is 17.6. The predicted octanol–water partition coefficient (Wildman–Crippen LogP) is 3.32. The lowest BCUT2D eigenvalue weighted by Gasteiger charge is -2.38. The molecule has 0 bridgehead atoms. The number of fused-ring (bicyclic) bond motifs is 1. The lowest BCUT2D eigenvalue weighted by Crippen LogP contribution is -2.48. The zero-order valence-corrected chi connectivity index (χ0v) is 15.3. The van der Waals surface area contributed by atoms with Crippen LogP contribution in [0.3, 0.4) is 0 Å². The van der Waals surface area contributed by atoms with E-state index in [1.165, 1.54) is 11.1 Å². The van der Waals surface area contributed by atoms with Crippen molar-refractivity contribution in [1.82, 2.24) is 10.2 Å². The van der Waals surface area contributed by atoms with Crippen LogP contribution in [0.25, 0.3) is 0 Å². The molecule has 1 heterocycles. The molecule has 2 atom stereocenters. The van der Waals surface area contributed by atoms with Gasteiger partial charge in [0.15, 0.2) is 0 Å². The number of nitrogens with one attached hydrogen (secondary N) is 1. The molecule has 4 rings (SSSR count). The van der Waals surface area contributed by atoms with Gasteiger partial charge in [0.05, 0.1) is 6.04 Å². The summed E-state index contributed by atoms with van der Waals surface area (Å²) in [6.07, 6.45) is 5.74. The van der Waals surface area contributed by atoms with E-state index in [2.05, 4.69) is 43.4 Å². The molecular formula is C21H28N2O2. The molecule has 2 amide bonds. The molecule has 134 valence electrons. The normalized spacial score (nSPS) is 27.7. The number of carbonyl (C=O) groups excluding carboxylic acids is 2. The summed E-state index contributed by atoms with van der Waals surface area (Å²) in [5, 5.41) is 3.27. The SMILES string of the molecule is CC1(C)CC[C@@H](NC(=O)[C@@H]2CCCN2C(=O)C2CC2)c2ccccc21. The Kier molecular flexibility index (Phi) is 4.09. The van der Waals surface area contributed by atoms with Crippen LogP contribution in [0, 0.1) is 5.92 Å². The van der Waals surface area contributed by atoms with Crippen LogP contribution in [-0.2, 0) is 15.0 Å². The van der Waals surface area contributed by atoms with Crippen molar-refractivity contribution in [2.75, 3.05) is 6.54 Å². The van der Waals surface area contributed by atoms with Gasteiger partial charge in [-0.1, -0.05) is 38.1 Å². The molecule has 0 unspecified atom stereocenters. The molecule has 1 aromatic carbocycles. The third-order valence-corrected chi connectivity index (χ3v) is 6.20. The topological polar surface area (TPSA) is 49.4 Å². The summed E-state index contributed by atoms with van der Waals surface area (Å²) < 4.78 is 0.